The van der Waals surface area contributed by atoms with Crippen LogP contribution in [-0.4, -0.2) is 50.4 Å². The van der Waals surface area contributed by atoms with Gasteiger partial charge in [0.1, 0.15) is 11.8 Å². The molecule has 9 nitrogen and oxygen atoms in total. The molecule has 0 atom stereocenters. The summed E-state index contributed by atoms with van der Waals surface area (Å²) >= 11 is 0. The first kappa shape index (κ1) is 20.6. The zero-order chi connectivity index (χ0) is 21.0. The second kappa shape index (κ2) is 8.46. The van der Waals surface area contributed by atoms with E-state index in [1.165, 1.54) is 34.6 Å². The predicted octanol–water partition coefficient (Wildman–Crippen LogP) is 2.38. The van der Waals surface area contributed by atoms with Crippen LogP contribution in [0.25, 0.3) is 0 Å². The Morgan fingerprint density at radius 1 is 1.14 bits per heavy atom. The van der Waals surface area contributed by atoms with Crippen molar-refractivity contribution in [1.29, 1.82) is 5.26 Å². The largest absolute Gasteiger partial charge is 0.494 e. The van der Waals surface area contributed by atoms with E-state index in [-0.39, 0.29) is 29.2 Å². The molecule has 1 aliphatic rings. The first-order valence-electron chi connectivity index (χ1n) is 9.03. The summed E-state index contributed by atoms with van der Waals surface area (Å²) in [5.41, 5.74) is 0.611. The van der Waals surface area contributed by atoms with Gasteiger partial charge in [-0.05, 0) is 37.3 Å². The number of nitrogens with zero attached hydrogens (tertiary/aromatic N) is 4. The monoisotopic (exact) mass is 416 g/mol. The van der Waals surface area contributed by atoms with Crippen molar-refractivity contribution in [2.45, 2.75) is 11.8 Å². The minimum atomic E-state index is -3.64. The molecule has 0 aromatic heterocycles. The third-order valence-electron chi connectivity index (χ3n) is 4.66. The van der Waals surface area contributed by atoms with Gasteiger partial charge in [0.25, 0.3) is 5.69 Å². The first-order valence-corrected chi connectivity index (χ1v) is 10.5. The maximum absolute atomic E-state index is 12.9. The summed E-state index contributed by atoms with van der Waals surface area (Å²) in [4.78, 5) is 12.4. The second-order valence-electron chi connectivity index (χ2n) is 6.37. The van der Waals surface area contributed by atoms with E-state index < -0.39 is 14.9 Å². The molecule has 0 aliphatic carbocycles. The number of sulfonamides is 1. The number of ether oxygens (including phenoxy) is 1. The van der Waals surface area contributed by atoms with Gasteiger partial charge in [0.05, 0.1) is 27.7 Å². The Morgan fingerprint density at radius 3 is 2.34 bits per heavy atom. The number of benzene rings is 2. The molecule has 0 unspecified atom stereocenters. The van der Waals surface area contributed by atoms with E-state index in [0.717, 1.165) is 0 Å². The Hall–Kier alpha value is -3.16. The van der Waals surface area contributed by atoms with Crippen molar-refractivity contribution in [2.75, 3.05) is 37.7 Å². The molecule has 0 saturated carbocycles. The highest BCUT2D eigenvalue weighted by atomic mass is 32.2. The number of hydrogen-bond acceptors (Lipinski definition) is 7. The SMILES string of the molecule is CCOc1ccc(S(=O)(=O)N2CCN(c3ccc([N+](=O)[O-])cc3C#N)CC2)cc1. The third-order valence-corrected chi connectivity index (χ3v) is 6.58. The van der Waals surface area contributed by atoms with Crippen LogP contribution < -0.4 is 9.64 Å². The lowest BCUT2D eigenvalue weighted by Gasteiger charge is -2.35. The number of hydrogen-bond donors (Lipinski definition) is 0. The molecule has 1 fully saturated rings. The van der Waals surface area contributed by atoms with Crippen LogP contribution in [0.2, 0.25) is 0 Å². The topological polar surface area (TPSA) is 117 Å². The van der Waals surface area contributed by atoms with Gasteiger partial charge in [0.15, 0.2) is 0 Å². The maximum Gasteiger partial charge on any atom is 0.270 e. The van der Waals surface area contributed by atoms with E-state index in [1.807, 2.05) is 17.9 Å². The molecule has 0 bridgehead atoms. The summed E-state index contributed by atoms with van der Waals surface area (Å²) in [5.74, 6) is 0.610. The summed E-state index contributed by atoms with van der Waals surface area (Å²) in [6.07, 6.45) is 0. The molecule has 0 spiro atoms. The van der Waals surface area contributed by atoms with Crippen LogP contribution in [-0.2, 0) is 10.0 Å². The van der Waals surface area contributed by atoms with E-state index in [4.69, 9.17) is 4.74 Å². The number of rotatable bonds is 6. The van der Waals surface area contributed by atoms with Crippen molar-refractivity contribution >= 4 is 21.4 Å². The van der Waals surface area contributed by atoms with Gasteiger partial charge in [0.2, 0.25) is 10.0 Å². The van der Waals surface area contributed by atoms with Gasteiger partial charge in [-0.3, -0.25) is 10.1 Å². The zero-order valence-electron chi connectivity index (χ0n) is 15.8. The number of nitro groups is 1. The predicted molar refractivity (Wildman–Crippen MR) is 106 cm³/mol. The highest BCUT2D eigenvalue weighted by Crippen LogP contribution is 2.27. The van der Waals surface area contributed by atoms with Gasteiger partial charge in [0, 0.05) is 38.3 Å². The lowest BCUT2D eigenvalue weighted by atomic mass is 10.1. The summed E-state index contributed by atoms with van der Waals surface area (Å²) < 4.78 is 32.5. The molecule has 0 radical (unpaired) electrons. The molecule has 2 aromatic carbocycles. The van der Waals surface area contributed by atoms with Crippen molar-refractivity contribution in [3.05, 3.63) is 58.1 Å². The quantitative estimate of drug-likeness (QED) is 0.524. The van der Waals surface area contributed by atoms with Crippen LogP contribution in [0, 0.1) is 21.4 Å². The van der Waals surface area contributed by atoms with Crippen LogP contribution in [0.1, 0.15) is 12.5 Å². The van der Waals surface area contributed by atoms with Gasteiger partial charge in [-0.1, -0.05) is 0 Å². The second-order valence-corrected chi connectivity index (χ2v) is 8.30. The number of nitro benzene ring substituents is 1. The number of nitriles is 1. The van der Waals surface area contributed by atoms with Gasteiger partial charge >= 0.3 is 0 Å². The molecular weight excluding hydrogens is 396 g/mol. The van der Waals surface area contributed by atoms with E-state index in [9.17, 15) is 23.8 Å². The summed E-state index contributed by atoms with van der Waals surface area (Å²) in [6, 6.07) is 12.4. The molecule has 0 N–H and O–H groups in total. The number of anilines is 1. The van der Waals surface area contributed by atoms with E-state index >= 15 is 0 Å². The Balaban J connectivity index is 1.73. The lowest BCUT2D eigenvalue weighted by molar-refractivity contribution is -0.384. The molecular formula is C19H20N4O5S. The molecule has 10 heteroatoms. The normalized spacial score (nSPS) is 15.0. The fourth-order valence-electron chi connectivity index (χ4n) is 3.20. The highest BCUT2D eigenvalue weighted by molar-refractivity contribution is 7.89. The smallest absolute Gasteiger partial charge is 0.270 e. The van der Waals surface area contributed by atoms with Crippen molar-refractivity contribution in [3.8, 4) is 11.8 Å². The molecule has 1 saturated heterocycles. The van der Waals surface area contributed by atoms with E-state index in [2.05, 4.69) is 0 Å². The van der Waals surface area contributed by atoms with Crippen LogP contribution >= 0.6 is 0 Å². The molecule has 0 amide bonds. The highest BCUT2D eigenvalue weighted by Gasteiger charge is 2.29. The fraction of sp³-hybridized carbons (Fsp3) is 0.316. The Kier molecular flexibility index (Phi) is 6.00. The molecule has 152 valence electrons. The molecule has 1 aliphatic heterocycles. The fourth-order valence-corrected chi connectivity index (χ4v) is 4.62. The van der Waals surface area contributed by atoms with Crippen LogP contribution in [0.15, 0.2) is 47.4 Å². The molecule has 29 heavy (non-hydrogen) atoms. The Morgan fingerprint density at radius 2 is 1.79 bits per heavy atom. The van der Waals surface area contributed by atoms with Crippen LogP contribution in [0.4, 0.5) is 11.4 Å². The van der Waals surface area contributed by atoms with Gasteiger partial charge in [-0.2, -0.15) is 9.57 Å². The van der Waals surface area contributed by atoms with Crippen LogP contribution in [0.3, 0.4) is 0 Å². The Bertz CT molecular complexity index is 1040. The first-order chi connectivity index (χ1) is 13.9. The van der Waals surface area contributed by atoms with Crippen molar-refractivity contribution in [2.24, 2.45) is 0 Å². The average Bonchev–Trinajstić information content (AvgIpc) is 2.74. The number of piperazine rings is 1. The summed E-state index contributed by atoms with van der Waals surface area (Å²) in [7, 11) is -3.64. The van der Waals surface area contributed by atoms with E-state index in [0.29, 0.717) is 31.1 Å². The Labute approximate surface area is 168 Å². The van der Waals surface area contributed by atoms with Crippen molar-refractivity contribution < 1.29 is 18.1 Å². The third kappa shape index (κ3) is 4.31. The number of non-ortho nitro benzene ring substituents is 1. The minimum absolute atomic E-state index is 0.151. The van der Waals surface area contributed by atoms with E-state index in [1.54, 1.807) is 12.1 Å². The lowest BCUT2D eigenvalue weighted by Crippen LogP contribution is -2.48. The summed E-state index contributed by atoms with van der Waals surface area (Å²) in [6.45, 7) is 3.61. The standard InChI is InChI=1S/C19H20N4O5S/c1-2-28-17-4-6-18(7-5-17)29(26,27)22-11-9-21(10-12-22)19-8-3-16(23(24)25)13-15(19)14-20/h3-8,13H,2,9-12H2,1H3. The van der Waals surface area contributed by atoms with Crippen molar-refractivity contribution in [1.82, 2.24) is 4.31 Å². The average molecular weight is 416 g/mol. The van der Waals surface area contributed by atoms with Crippen molar-refractivity contribution in [3.63, 3.8) is 0 Å². The van der Waals surface area contributed by atoms with Gasteiger partial charge < -0.3 is 9.64 Å². The molecule has 1 heterocycles. The molecule has 2 aromatic rings. The maximum atomic E-state index is 12.9. The molecule has 3 rings (SSSR count). The zero-order valence-corrected chi connectivity index (χ0v) is 16.6. The minimum Gasteiger partial charge on any atom is -0.494 e. The van der Waals surface area contributed by atoms with Gasteiger partial charge in [-0.15, -0.1) is 0 Å². The van der Waals surface area contributed by atoms with Gasteiger partial charge in [-0.25, -0.2) is 8.42 Å². The van der Waals surface area contributed by atoms with Crippen LogP contribution in [0.5, 0.6) is 5.75 Å². The summed E-state index contributed by atoms with van der Waals surface area (Å²) in [5, 5.41) is 20.2.